The summed E-state index contributed by atoms with van der Waals surface area (Å²) in [6, 6.07) is 5.48. The summed E-state index contributed by atoms with van der Waals surface area (Å²) >= 11 is 1.06. The number of aromatic nitrogens is 4. The van der Waals surface area contributed by atoms with Gasteiger partial charge in [-0.15, -0.1) is 0 Å². The van der Waals surface area contributed by atoms with E-state index in [1.807, 2.05) is 26.0 Å². The zero-order chi connectivity index (χ0) is 17.8. The first kappa shape index (κ1) is 17.2. The minimum absolute atomic E-state index is 0.160. The molecule has 3 heterocycles. The van der Waals surface area contributed by atoms with Crippen LogP contribution in [0.15, 0.2) is 30.6 Å². The van der Waals surface area contributed by atoms with Gasteiger partial charge in [0.1, 0.15) is 11.9 Å². The van der Waals surface area contributed by atoms with Crippen LogP contribution in [0.2, 0.25) is 0 Å². The van der Waals surface area contributed by atoms with E-state index in [4.69, 9.17) is 9.84 Å². The Kier molecular flexibility index (Phi) is 5.17. The van der Waals surface area contributed by atoms with E-state index in [2.05, 4.69) is 24.6 Å². The first-order chi connectivity index (χ1) is 12.1. The SMILES string of the molecule is Cc1cnc(Nc2nc([C@H](O)CO)ns2)c(Oc2cccnc2C)c1. The first-order valence-electron chi connectivity index (χ1n) is 7.52. The molecule has 0 radical (unpaired) electrons. The van der Waals surface area contributed by atoms with Gasteiger partial charge < -0.3 is 20.3 Å². The van der Waals surface area contributed by atoms with E-state index in [0.717, 1.165) is 22.8 Å². The molecule has 3 N–H and O–H groups in total. The Morgan fingerprint density at radius 2 is 2.12 bits per heavy atom. The van der Waals surface area contributed by atoms with E-state index in [0.29, 0.717) is 22.4 Å². The van der Waals surface area contributed by atoms with E-state index < -0.39 is 12.7 Å². The summed E-state index contributed by atoms with van der Waals surface area (Å²) < 4.78 is 9.96. The van der Waals surface area contributed by atoms with Crippen molar-refractivity contribution in [3.8, 4) is 11.5 Å². The lowest BCUT2D eigenvalue weighted by atomic mass is 10.3. The average Bonchev–Trinajstić information content (AvgIpc) is 3.07. The number of rotatable bonds is 6. The summed E-state index contributed by atoms with van der Waals surface area (Å²) in [5.74, 6) is 1.78. The fourth-order valence-corrected chi connectivity index (χ4v) is 2.63. The third-order valence-corrected chi connectivity index (χ3v) is 3.95. The highest BCUT2D eigenvalue weighted by atomic mass is 32.1. The maximum atomic E-state index is 9.58. The Bertz CT molecular complexity index is 870. The summed E-state index contributed by atoms with van der Waals surface area (Å²) in [6.07, 6.45) is 2.30. The van der Waals surface area contributed by atoms with Gasteiger partial charge >= 0.3 is 0 Å². The van der Waals surface area contributed by atoms with Gasteiger partial charge in [-0.2, -0.15) is 4.37 Å². The van der Waals surface area contributed by atoms with Crippen molar-refractivity contribution in [3.05, 3.63) is 47.7 Å². The van der Waals surface area contributed by atoms with Crippen molar-refractivity contribution in [1.82, 2.24) is 19.3 Å². The molecule has 0 saturated heterocycles. The Balaban J connectivity index is 1.86. The number of aryl methyl sites for hydroxylation is 2. The number of hydrogen-bond acceptors (Lipinski definition) is 9. The molecule has 0 aromatic carbocycles. The van der Waals surface area contributed by atoms with E-state index in [1.54, 1.807) is 18.5 Å². The normalized spacial score (nSPS) is 12.0. The second-order valence-electron chi connectivity index (χ2n) is 5.33. The fraction of sp³-hybridized carbons (Fsp3) is 0.250. The lowest BCUT2D eigenvalue weighted by Crippen LogP contribution is -2.04. The zero-order valence-corrected chi connectivity index (χ0v) is 14.5. The lowest BCUT2D eigenvalue weighted by Gasteiger charge is -2.12. The number of aliphatic hydroxyl groups is 2. The highest BCUT2D eigenvalue weighted by Crippen LogP contribution is 2.32. The smallest absolute Gasteiger partial charge is 0.208 e. The molecule has 0 aliphatic heterocycles. The van der Waals surface area contributed by atoms with Crippen molar-refractivity contribution in [2.75, 3.05) is 11.9 Å². The summed E-state index contributed by atoms with van der Waals surface area (Å²) in [7, 11) is 0. The molecule has 3 rings (SSSR count). The summed E-state index contributed by atoms with van der Waals surface area (Å²) in [5.41, 5.74) is 1.70. The second kappa shape index (κ2) is 7.51. The minimum Gasteiger partial charge on any atom is -0.452 e. The van der Waals surface area contributed by atoms with E-state index in [1.165, 1.54) is 0 Å². The standard InChI is InChI=1S/C16H17N5O3S/c1-9-6-13(24-12-4-3-5-17-10(12)2)15(18-7-9)20-16-19-14(21-25-16)11(23)8-22/h3-7,11,22-23H,8H2,1-2H3,(H,18,19,20,21)/t11-/m1/s1. The van der Waals surface area contributed by atoms with Gasteiger partial charge in [0.2, 0.25) is 5.13 Å². The van der Waals surface area contributed by atoms with Crippen LogP contribution >= 0.6 is 11.5 Å². The van der Waals surface area contributed by atoms with Gasteiger partial charge in [0.25, 0.3) is 0 Å². The molecule has 0 aliphatic rings. The molecule has 0 aliphatic carbocycles. The molecule has 25 heavy (non-hydrogen) atoms. The number of anilines is 2. The van der Waals surface area contributed by atoms with Crippen LogP contribution in [0.5, 0.6) is 11.5 Å². The van der Waals surface area contributed by atoms with Gasteiger partial charge in [-0.1, -0.05) is 0 Å². The maximum absolute atomic E-state index is 9.58. The summed E-state index contributed by atoms with van der Waals surface area (Å²) in [5, 5.41) is 22.0. The topological polar surface area (TPSA) is 113 Å². The van der Waals surface area contributed by atoms with Crippen molar-refractivity contribution in [2.45, 2.75) is 20.0 Å². The summed E-state index contributed by atoms with van der Waals surface area (Å²) in [6.45, 7) is 3.34. The molecule has 0 amide bonds. The number of nitrogens with zero attached hydrogens (tertiary/aromatic N) is 4. The molecule has 130 valence electrons. The zero-order valence-electron chi connectivity index (χ0n) is 13.7. The molecule has 8 nitrogen and oxygen atoms in total. The molecular weight excluding hydrogens is 342 g/mol. The first-order valence-corrected chi connectivity index (χ1v) is 8.30. The largest absolute Gasteiger partial charge is 0.452 e. The van der Waals surface area contributed by atoms with Crippen LogP contribution < -0.4 is 10.1 Å². The number of ether oxygens (including phenoxy) is 1. The van der Waals surface area contributed by atoms with Crippen molar-refractivity contribution >= 4 is 22.5 Å². The molecular formula is C16H17N5O3S. The van der Waals surface area contributed by atoms with Crippen LogP contribution in [0, 0.1) is 13.8 Å². The Morgan fingerprint density at radius 1 is 1.28 bits per heavy atom. The molecule has 0 saturated carbocycles. The molecule has 3 aromatic heterocycles. The average molecular weight is 359 g/mol. The number of aliphatic hydroxyl groups excluding tert-OH is 2. The molecule has 0 spiro atoms. The second-order valence-corrected chi connectivity index (χ2v) is 6.08. The van der Waals surface area contributed by atoms with E-state index in [-0.39, 0.29) is 5.82 Å². The van der Waals surface area contributed by atoms with Gasteiger partial charge in [0.15, 0.2) is 17.4 Å². The molecule has 9 heteroatoms. The minimum atomic E-state index is -1.11. The van der Waals surface area contributed by atoms with Crippen molar-refractivity contribution in [1.29, 1.82) is 0 Å². The van der Waals surface area contributed by atoms with Crippen molar-refractivity contribution in [3.63, 3.8) is 0 Å². The third-order valence-electron chi connectivity index (χ3n) is 3.31. The van der Waals surface area contributed by atoms with Crippen LogP contribution in [0.3, 0.4) is 0 Å². The lowest BCUT2D eigenvalue weighted by molar-refractivity contribution is 0.0897. The van der Waals surface area contributed by atoms with Gasteiger partial charge in [0.05, 0.1) is 12.3 Å². The Labute approximate surface area is 148 Å². The number of hydrogen-bond donors (Lipinski definition) is 3. The molecule has 0 bridgehead atoms. The van der Waals surface area contributed by atoms with Crippen LogP contribution in [-0.4, -0.2) is 36.1 Å². The third kappa shape index (κ3) is 4.08. The number of nitrogens with one attached hydrogen (secondary N) is 1. The van der Waals surface area contributed by atoms with Crippen molar-refractivity contribution in [2.24, 2.45) is 0 Å². The summed E-state index contributed by atoms with van der Waals surface area (Å²) in [4.78, 5) is 12.7. The molecule has 0 unspecified atom stereocenters. The van der Waals surface area contributed by atoms with Crippen LogP contribution in [-0.2, 0) is 0 Å². The molecule has 1 atom stereocenters. The predicted molar refractivity (Wildman–Crippen MR) is 93.3 cm³/mol. The quantitative estimate of drug-likeness (QED) is 0.615. The van der Waals surface area contributed by atoms with Crippen LogP contribution in [0.1, 0.15) is 23.2 Å². The van der Waals surface area contributed by atoms with E-state index >= 15 is 0 Å². The Morgan fingerprint density at radius 3 is 2.88 bits per heavy atom. The predicted octanol–water partition coefficient (Wildman–Crippen LogP) is 2.51. The molecule has 3 aromatic rings. The van der Waals surface area contributed by atoms with Gasteiger partial charge in [-0.05, 0) is 37.6 Å². The highest BCUT2D eigenvalue weighted by Gasteiger charge is 2.15. The van der Waals surface area contributed by atoms with Gasteiger partial charge in [-0.3, -0.25) is 4.98 Å². The fourth-order valence-electron chi connectivity index (χ4n) is 2.01. The Hall–Kier alpha value is -2.62. The maximum Gasteiger partial charge on any atom is 0.208 e. The van der Waals surface area contributed by atoms with E-state index in [9.17, 15) is 5.11 Å². The van der Waals surface area contributed by atoms with Gasteiger partial charge in [0, 0.05) is 23.9 Å². The highest BCUT2D eigenvalue weighted by molar-refractivity contribution is 7.09. The van der Waals surface area contributed by atoms with Gasteiger partial charge in [-0.25, -0.2) is 9.97 Å². The van der Waals surface area contributed by atoms with Crippen LogP contribution in [0.25, 0.3) is 0 Å². The van der Waals surface area contributed by atoms with Crippen molar-refractivity contribution < 1.29 is 14.9 Å². The van der Waals surface area contributed by atoms with Crippen LogP contribution in [0.4, 0.5) is 10.9 Å². The molecule has 0 fully saturated rings. The number of pyridine rings is 2. The monoisotopic (exact) mass is 359 g/mol.